The Hall–Kier alpha value is -7.63. The Balaban J connectivity index is 1.08. The third kappa shape index (κ3) is 5.29. The van der Waals surface area contributed by atoms with Gasteiger partial charge in [0.2, 0.25) is 0 Å². The summed E-state index contributed by atoms with van der Waals surface area (Å²) >= 11 is 0. The normalized spacial score (nSPS) is 11.6. The second-order valence-corrected chi connectivity index (χ2v) is 14.1. The van der Waals surface area contributed by atoms with E-state index in [1.807, 2.05) is 42.7 Å². The Morgan fingerprint density at radius 2 is 0.946 bits per heavy atom. The predicted molar refractivity (Wildman–Crippen MR) is 230 cm³/mol. The molecule has 11 rings (SSSR count). The largest absolute Gasteiger partial charge is 0.309 e. The smallest absolute Gasteiger partial charge is 0.0963 e. The van der Waals surface area contributed by atoms with Gasteiger partial charge in [-0.1, -0.05) is 103 Å². The fourth-order valence-electron chi connectivity index (χ4n) is 8.22. The summed E-state index contributed by atoms with van der Waals surface area (Å²) in [5, 5.41) is 3.57. The van der Waals surface area contributed by atoms with Crippen molar-refractivity contribution in [2.45, 2.75) is 0 Å². The van der Waals surface area contributed by atoms with Crippen LogP contribution in [0.3, 0.4) is 0 Å². The number of hydrogen-bond acceptors (Lipinski definition) is 3. The van der Waals surface area contributed by atoms with E-state index in [2.05, 4.69) is 172 Å². The van der Waals surface area contributed by atoms with E-state index in [4.69, 9.17) is 9.97 Å². The summed E-state index contributed by atoms with van der Waals surface area (Å²) in [7, 11) is 0. The van der Waals surface area contributed by atoms with Gasteiger partial charge in [0, 0.05) is 45.5 Å². The molecule has 56 heavy (non-hydrogen) atoms. The van der Waals surface area contributed by atoms with Crippen molar-refractivity contribution in [3.05, 3.63) is 200 Å². The van der Waals surface area contributed by atoms with Gasteiger partial charge in [-0.05, 0) is 107 Å². The molecule has 0 spiro atoms. The number of hydrogen-bond donors (Lipinski definition) is 0. The molecule has 0 fully saturated rings. The van der Waals surface area contributed by atoms with Crippen LogP contribution >= 0.6 is 0 Å². The summed E-state index contributed by atoms with van der Waals surface area (Å²) in [5.74, 6) is 0. The van der Waals surface area contributed by atoms with E-state index in [-0.39, 0.29) is 0 Å². The molecule has 5 heterocycles. The van der Waals surface area contributed by atoms with E-state index in [0.717, 1.165) is 89.2 Å². The van der Waals surface area contributed by atoms with Gasteiger partial charge in [0.15, 0.2) is 0 Å². The van der Waals surface area contributed by atoms with E-state index < -0.39 is 0 Å². The van der Waals surface area contributed by atoms with Crippen molar-refractivity contribution in [1.29, 1.82) is 0 Å². The van der Waals surface area contributed by atoms with E-state index in [1.54, 1.807) is 0 Å². The number of rotatable bonds is 6. The van der Waals surface area contributed by atoms with Crippen LogP contribution in [0.1, 0.15) is 0 Å². The minimum Gasteiger partial charge on any atom is -0.309 e. The van der Waals surface area contributed by atoms with Gasteiger partial charge in [-0.2, -0.15) is 0 Å². The number of fused-ring (bicyclic) bond motifs is 6. The molecule has 0 saturated carbocycles. The zero-order valence-corrected chi connectivity index (χ0v) is 30.3. The highest BCUT2D eigenvalue weighted by atomic mass is 15.0. The van der Waals surface area contributed by atoms with Gasteiger partial charge in [0.05, 0.1) is 44.7 Å². The average molecular weight is 716 g/mol. The van der Waals surface area contributed by atoms with Crippen LogP contribution in [0.2, 0.25) is 0 Å². The molecule has 0 radical (unpaired) electrons. The van der Waals surface area contributed by atoms with Gasteiger partial charge in [0.1, 0.15) is 0 Å². The third-order valence-electron chi connectivity index (χ3n) is 10.8. The lowest BCUT2D eigenvalue weighted by molar-refractivity contribution is 1.17. The topological polar surface area (TPSA) is 48.5 Å². The van der Waals surface area contributed by atoms with Crippen LogP contribution in [0.15, 0.2) is 200 Å². The first kappa shape index (κ1) is 31.9. The highest BCUT2D eigenvalue weighted by molar-refractivity contribution is 6.11. The monoisotopic (exact) mass is 715 g/mol. The molecule has 262 valence electrons. The first-order valence-corrected chi connectivity index (χ1v) is 18.8. The average Bonchev–Trinajstić information content (AvgIpc) is 3.79. The molecular formula is C51H33N5. The molecule has 0 N–H and O–H groups in total. The van der Waals surface area contributed by atoms with Crippen molar-refractivity contribution < 1.29 is 0 Å². The lowest BCUT2D eigenvalue weighted by atomic mass is 10.0. The SMILES string of the molecule is c1ccc(-c2cc(-c3cccc(-n4c5ccccc5c5ccc(-c6ccc7c(c6)c6ncccc6n7-c6ccccc6)cc54)c3)cc(-c3ccccn3)n2)cc1. The van der Waals surface area contributed by atoms with E-state index in [0.29, 0.717) is 0 Å². The van der Waals surface area contributed by atoms with Crippen LogP contribution in [-0.2, 0) is 0 Å². The minimum absolute atomic E-state index is 0.841. The number of pyridine rings is 3. The Morgan fingerprint density at radius 3 is 1.82 bits per heavy atom. The Labute approximate surface area is 323 Å². The third-order valence-corrected chi connectivity index (χ3v) is 10.8. The number of benzene rings is 6. The molecule has 0 aliphatic carbocycles. The fraction of sp³-hybridized carbons (Fsp3) is 0. The first-order valence-electron chi connectivity index (χ1n) is 18.8. The molecule has 11 aromatic rings. The molecule has 6 aromatic carbocycles. The van der Waals surface area contributed by atoms with Gasteiger partial charge >= 0.3 is 0 Å². The highest BCUT2D eigenvalue weighted by Gasteiger charge is 2.17. The Morgan fingerprint density at radius 1 is 0.304 bits per heavy atom. The molecule has 5 aromatic heterocycles. The van der Waals surface area contributed by atoms with Gasteiger partial charge in [-0.15, -0.1) is 0 Å². The fourth-order valence-corrected chi connectivity index (χ4v) is 8.22. The van der Waals surface area contributed by atoms with Gasteiger partial charge in [0.25, 0.3) is 0 Å². The lowest BCUT2D eigenvalue weighted by Crippen LogP contribution is -1.96. The Kier molecular flexibility index (Phi) is 7.42. The van der Waals surface area contributed by atoms with Crippen molar-refractivity contribution >= 4 is 43.7 Å². The van der Waals surface area contributed by atoms with Crippen LogP contribution in [-0.4, -0.2) is 24.1 Å². The van der Waals surface area contributed by atoms with Gasteiger partial charge in [-0.3, -0.25) is 9.97 Å². The van der Waals surface area contributed by atoms with E-state index in [1.165, 1.54) is 10.8 Å². The van der Waals surface area contributed by atoms with Crippen molar-refractivity contribution in [1.82, 2.24) is 24.1 Å². The second-order valence-electron chi connectivity index (χ2n) is 14.1. The standard InChI is InChI=1S/C51H33N5/c1-3-13-34(14-4-1)45-31-38(32-46(54-45)44-20-9-10-27-52-44)35-15-11-18-40(29-35)56-47-21-8-7-19-41(47)42-25-23-37(33-50(42)56)36-24-26-48-43(30-36)51-49(22-12-28-53-51)55(48)39-16-5-2-6-17-39/h1-33H. The number of nitrogens with zero attached hydrogens (tertiary/aromatic N) is 5. The second kappa shape index (κ2) is 13.0. The van der Waals surface area contributed by atoms with Crippen LogP contribution in [0.4, 0.5) is 0 Å². The van der Waals surface area contributed by atoms with Gasteiger partial charge < -0.3 is 9.13 Å². The molecule has 0 amide bonds. The number of para-hydroxylation sites is 2. The maximum Gasteiger partial charge on any atom is 0.0963 e. The van der Waals surface area contributed by atoms with Crippen molar-refractivity contribution in [3.8, 4) is 56.3 Å². The summed E-state index contributed by atoms with van der Waals surface area (Å²) in [6.45, 7) is 0. The van der Waals surface area contributed by atoms with Crippen LogP contribution in [0.5, 0.6) is 0 Å². The summed E-state index contributed by atoms with van der Waals surface area (Å²) in [6.07, 6.45) is 3.71. The maximum absolute atomic E-state index is 5.07. The predicted octanol–water partition coefficient (Wildman–Crippen LogP) is 12.7. The first-order chi connectivity index (χ1) is 27.8. The molecular weight excluding hydrogens is 683 g/mol. The van der Waals surface area contributed by atoms with E-state index >= 15 is 0 Å². The van der Waals surface area contributed by atoms with Crippen molar-refractivity contribution in [2.75, 3.05) is 0 Å². The van der Waals surface area contributed by atoms with Crippen LogP contribution < -0.4 is 0 Å². The summed E-state index contributed by atoms with van der Waals surface area (Å²) < 4.78 is 4.71. The van der Waals surface area contributed by atoms with E-state index in [9.17, 15) is 0 Å². The highest BCUT2D eigenvalue weighted by Crippen LogP contribution is 2.39. The summed E-state index contributed by atoms with van der Waals surface area (Å²) in [4.78, 5) is 14.6. The van der Waals surface area contributed by atoms with Crippen LogP contribution in [0, 0.1) is 0 Å². The molecule has 0 bridgehead atoms. The van der Waals surface area contributed by atoms with Crippen LogP contribution in [0.25, 0.3) is 100 Å². The minimum atomic E-state index is 0.841. The summed E-state index contributed by atoms with van der Waals surface area (Å²) in [5.41, 5.74) is 15.9. The molecule has 0 aliphatic heterocycles. The maximum atomic E-state index is 5.07. The zero-order chi connectivity index (χ0) is 37.0. The molecule has 5 heteroatoms. The molecule has 5 nitrogen and oxygen atoms in total. The molecule has 0 aliphatic rings. The zero-order valence-electron chi connectivity index (χ0n) is 30.3. The molecule has 0 unspecified atom stereocenters. The quantitative estimate of drug-likeness (QED) is 0.172. The molecule has 0 saturated heterocycles. The van der Waals surface area contributed by atoms with Crippen molar-refractivity contribution in [2.24, 2.45) is 0 Å². The van der Waals surface area contributed by atoms with Crippen molar-refractivity contribution in [3.63, 3.8) is 0 Å². The molecule has 0 atom stereocenters. The Bertz CT molecular complexity index is 3180. The van der Waals surface area contributed by atoms with Gasteiger partial charge in [-0.25, -0.2) is 4.98 Å². The number of aromatic nitrogens is 5. The summed E-state index contributed by atoms with van der Waals surface area (Å²) in [6, 6.07) is 66.5. The lowest BCUT2D eigenvalue weighted by Gasteiger charge is -2.13.